The smallest absolute Gasteiger partial charge is 0.240 e. The summed E-state index contributed by atoms with van der Waals surface area (Å²) in [6, 6.07) is 5.74. The summed E-state index contributed by atoms with van der Waals surface area (Å²) in [5, 5.41) is 0.514. The molecule has 1 aromatic heterocycles. The van der Waals surface area contributed by atoms with Gasteiger partial charge < -0.3 is 9.80 Å². The molecule has 0 radical (unpaired) electrons. The topological polar surface area (TPSA) is 39.7 Å². The van der Waals surface area contributed by atoms with Crippen molar-refractivity contribution in [2.45, 2.75) is 25.3 Å². The van der Waals surface area contributed by atoms with E-state index in [1.165, 1.54) is 6.42 Å². The Labute approximate surface area is 136 Å². The van der Waals surface area contributed by atoms with Crippen LogP contribution in [0, 0.1) is 0 Å². The molecule has 2 aliphatic rings. The van der Waals surface area contributed by atoms with Crippen LogP contribution in [-0.4, -0.2) is 66.5 Å². The monoisotopic (exact) mass is 322 g/mol. The number of anilines is 1. The molecule has 0 N–H and O–H groups in total. The minimum atomic E-state index is 0.0737. The van der Waals surface area contributed by atoms with E-state index in [1.54, 1.807) is 6.07 Å². The molecule has 0 aliphatic carbocycles. The van der Waals surface area contributed by atoms with Gasteiger partial charge >= 0.3 is 0 Å². The molecule has 5 nitrogen and oxygen atoms in total. The van der Waals surface area contributed by atoms with E-state index in [2.05, 4.69) is 21.8 Å². The number of likely N-dealkylation sites (tertiary alicyclic amines) is 1. The molecular weight excluding hydrogens is 300 g/mol. The lowest BCUT2D eigenvalue weighted by Gasteiger charge is -2.40. The molecule has 22 heavy (non-hydrogen) atoms. The Morgan fingerprint density at radius 2 is 1.95 bits per heavy atom. The summed E-state index contributed by atoms with van der Waals surface area (Å²) in [6.45, 7) is 4.18. The van der Waals surface area contributed by atoms with Gasteiger partial charge in [-0.05, 0) is 38.6 Å². The minimum absolute atomic E-state index is 0.0737. The molecule has 0 bridgehead atoms. The van der Waals surface area contributed by atoms with Gasteiger partial charge in [0.25, 0.3) is 0 Å². The largest absolute Gasteiger partial charge is 0.353 e. The number of halogens is 1. The van der Waals surface area contributed by atoms with Gasteiger partial charge in [0.1, 0.15) is 11.0 Å². The summed E-state index contributed by atoms with van der Waals surface area (Å²) in [4.78, 5) is 23.4. The van der Waals surface area contributed by atoms with Crippen LogP contribution < -0.4 is 4.90 Å². The van der Waals surface area contributed by atoms with Crippen LogP contribution in [0.2, 0.25) is 5.15 Å². The Morgan fingerprint density at radius 3 is 2.64 bits per heavy atom. The Morgan fingerprint density at radius 1 is 1.18 bits per heavy atom. The standard InChI is InChI=1S/C16H23ClN4O/c1-19-8-3-2-5-13(19)16(22)21-11-9-20(10-12-21)15-7-4-6-14(17)18-15/h4,6-7,13H,2-3,5,8-12H2,1H3/t13-/m0/s1. The van der Waals surface area contributed by atoms with E-state index in [1.807, 2.05) is 17.0 Å². The molecule has 2 fully saturated rings. The van der Waals surface area contributed by atoms with Crippen LogP contribution in [0.3, 0.4) is 0 Å². The average Bonchev–Trinajstić information content (AvgIpc) is 2.55. The van der Waals surface area contributed by atoms with Crippen molar-refractivity contribution < 1.29 is 4.79 Å². The van der Waals surface area contributed by atoms with Gasteiger partial charge in [0.15, 0.2) is 0 Å². The van der Waals surface area contributed by atoms with Crippen molar-refractivity contribution in [3.63, 3.8) is 0 Å². The third-order valence-electron chi connectivity index (χ3n) is 4.67. The molecule has 0 saturated carbocycles. The van der Waals surface area contributed by atoms with Gasteiger partial charge in [-0.3, -0.25) is 9.69 Å². The Hall–Kier alpha value is -1.33. The number of carbonyl (C=O) groups excluding carboxylic acids is 1. The van der Waals surface area contributed by atoms with E-state index in [0.717, 1.165) is 51.4 Å². The fraction of sp³-hybridized carbons (Fsp3) is 0.625. The number of piperazine rings is 1. The van der Waals surface area contributed by atoms with Crippen LogP contribution in [-0.2, 0) is 4.79 Å². The van der Waals surface area contributed by atoms with Crippen molar-refractivity contribution in [3.05, 3.63) is 23.4 Å². The number of likely N-dealkylation sites (N-methyl/N-ethyl adjacent to an activating group) is 1. The van der Waals surface area contributed by atoms with Crippen LogP contribution in [0.25, 0.3) is 0 Å². The number of hydrogen-bond donors (Lipinski definition) is 0. The van der Waals surface area contributed by atoms with Gasteiger partial charge in [-0.1, -0.05) is 24.1 Å². The van der Waals surface area contributed by atoms with Crippen molar-refractivity contribution in [3.8, 4) is 0 Å². The fourth-order valence-corrected chi connectivity index (χ4v) is 3.49. The van der Waals surface area contributed by atoms with E-state index in [9.17, 15) is 4.79 Å². The first kappa shape index (κ1) is 15.6. The lowest BCUT2D eigenvalue weighted by Crippen LogP contribution is -2.55. The summed E-state index contributed by atoms with van der Waals surface area (Å²) in [5.74, 6) is 1.19. The number of piperidine rings is 1. The number of aromatic nitrogens is 1. The third kappa shape index (κ3) is 3.36. The molecule has 2 aliphatic heterocycles. The molecule has 1 atom stereocenters. The maximum Gasteiger partial charge on any atom is 0.240 e. The normalized spacial score (nSPS) is 23.6. The number of amides is 1. The second-order valence-corrected chi connectivity index (χ2v) is 6.51. The average molecular weight is 323 g/mol. The third-order valence-corrected chi connectivity index (χ3v) is 4.88. The molecule has 0 spiro atoms. The molecule has 1 aromatic rings. The van der Waals surface area contributed by atoms with Crippen LogP contribution in [0.5, 0.6) is 0 Å². The van der Waals surface area contributed by atoms with Gasteiger partial charge in [-0.2, -0.15) is 0 Å². The predicted molar refractivity (Wildman–Crippen MR) is 88.3 cm³/mol. The number of rotatable bonds is 2. The van der Waals surface area contributed by atoms with Gasteiger partial charge in [-0.15, -0.1) is 0 Å². The highest BCUT2D eigenvalue weighted by molar-refractivity contribution is 6.29. The molecule has 6 heteroatoms. The highest BCUT2D eigenvalue weighted by atomic mass is 35.5. The lowest BCUT2D eigenvalue weighted by atomic mass is 10.0. The maximum atomic E-state index is 12.7. The SMILES string of the molecule is CN1CCCC[C@H]1C(=O)N1CCN(c2cccc(Cl)n2)CC1. The van der Waals surface area contributed by atoms with Crippen LogP contribution in [0.1, 0.15) is 19.3 Å². The quantitative estimate of drug-likeness (QED) is 0.779. The van der Waals surface area contributed by atoms with Crippen molar-refractivity contribution in [1.82, 2.24) is 14.8 Å². The van der Waals surface area contributed by atoms with Gasteiger partial charge in [0, 0.05) is 26.2 Å². The summed E-state index contributed by atoms with van der Waals surface area (Å²) in [6.07, 6.45) is 3.35. The van der Waals surface area contributed by atoms with E-state index in [0.29, 0.717) is 11.1 Å². The first-order valence-corrected chi connectivity index (χ1v) is 8.39. The second-order valence-electron chi connectivity index (χ2n) is 6.12. The van der Waals surface area contributed by atoms with E-state index in [4.69, 9.17) is 11.6 Å². The van der Waals surface area contributed by atoms with Crippen LogP contribution in [0.15, 0.2) is 18.2 Å². The van der Waals surface area contributed by atoms with Gasteiger partial charge in [-0.25, -0.2) is 4.98 Å². The van der Waals surface area contributed by atoms with Gasteiger partial charge in [0.05, 0.1) is 6.04 Å². The summed E-state index contributed by atoms with van der Waals surface area (Å²) in [5.41, 5.74) is 0. The molecular formula is C16H23ClN4O. The highest BCUT2D eigenvalue weighted by Crippen LogP contribution is 2.20. The zero-order chi connectivity index (χ0) is 15.5. The Balaban J connectivity index is 1.58. The molecule has 3 heterocycles. The summed E-state index contributed by atoms with van der Waals surface area (Å²) >= 11 is 5.95. The maximum absolute atomic E-state index is 12.7. The minimum Gasteiger partial charge on any atom is -0.353 e. The first-order valence-electron chi connectivity index (χ1n) is 8.02. The van der Waals surface area contributed by atoms with E-state index < -0.39 is 0 Å². The van der Waals surface area contributed by atoms with Crippen molar-refractivity contribution in [1.29, 1.82) is 0 Å². The fourth-order valence-electron chi connectivity index (χ4n) is 3.33. The Kier molecular flexibility index (Phi) is 4.84. The lowest BCUT2D eigenvalue weighted by molar-refractivity contribution is -0.138. The zero-order valence-corrected chi connectivity index (χ0v) is 13.8. The summed E-state index contributed by atoms with van der Waals surface area (Å²) < 4.78 is 0. The second kappa shape index (κ2) is 6.84. The number of nitrogens with zero attached hydrogens (tertiary/aromatic N) is 4. The molecule has 2 saturated heterocycles. The molecule has 1 amide bonds. The number of carbonyl (C=O) groups is 1. The van der Waals surface area contributed by atoms with Crippen molar-refractivity contribution >= 4 is 23.3 Å². The molecule has 120 valence electrons. The van der Waals surface area contributed by atoms with Gasteiger partial charge in [0.2, 0.25) is 5.91 Å². The van der Waals surface area contributed by atoms with Crippen molar-refractivity contribution in [2.24, 2.45) is 0 Å². The summed E-state index contributed by atoms with van der Waals surface area (Å²) in [7, 11) is 2.06. The molecule has 0 unspecified atom stereocenters. The predicted octanol–water partition coefficient (Wildman–Crippen LogP) is 1.87. The van der Waals surface area contributed by atoms with E-state index in [-0.39, 0.29) is 6.04 Å². The van der Waals surface area contributed by atoms with E-state index >= 15 is 0 Å². The number of pyridine rings is 1. The van der Waals surface area contributed by atoms with Crippen molar-refractivity contribution in [2.75, 3.05) is 44.7 Å². The van der Waals surface area contributed by atoms with Crippen LogP contribution in [0.4, 0.5) is 5.82 Å². The van der Waals surface area contributed by atoms with Crippen LogP contribution >= 0.6 is 11.6 Å². The first-order chi connectivity index (χ1) is 10.6. The zero-order valence-electron chi connectivity index (χ0n) is 13.0. The Bertz CT molecular complexity index is 531. The molecule has 3 rings (SSSR count). The number of hydrogen-bond acceptors (Lipinski definition) is 4. The molecule has 0 aromatic carbocycles. The highest BCUT2D eigenvalue weighted by Gasteiger charge is 2.31.